The highest BCUT2D eigenvalue weighted by Gasteiger charge is 2.02. The van der Waals surface area contributed by atoms with Gasteiger partial charge in [-0.3, -0.25) is 0 Å². The summed E-state index contributed by atoms with van der Waals surface area (Å²) in [6.45, 7) is 7.04. The van der Waals surface area contributed by atoms with Crippen LogP contribution in [-0.2, 0) is 6.54 Å². The molecule has 0 bridgehead atoms. The summed E-state index contributed by atoms with van der Waals surface area (Å²) in [6.07, 6.45) is 1.78. The van der Waals surface area contributed by atoms with E-state index in [4.69, 9.17) is 12.2 Å². The lowest BCUT2D eigenvalue weighted by molar-refractivity contribution is 0.873. The van der Waals surface area contributed by atoms with Crippen molar-refractivity contribution in [1.29, 1.82) is 0 Å². The fourth-order valence-electron chi connectivity index (χ4n) is 1.70. The van der Waals surface area contributed by atoms with Crippen molar-refractivity contribution in [2.45, 2.75) is 13.5 Å². The molecular formula is C15H17N3S2. The molecule has 0 saturated heterocycles. The van der Waals surface area contributed by atoms with E-state index in [1.54, 1.807) is 17.4 Å². The number of thiazole rings is 1. The molecule has 0 unspecified atom stereocenters. The van der Waals surface area contributed by atoms with Crippen molar-refractivity contribution in [1.82, 2.24) is 15.6 Å². The second-order valence-corrected chi connectivity index (χ2v) is 5.77. The van der Waals surface area contributed by atoms with Crippen LogP contribution in [0.3, 0.4) is 0 Å². The third-order valence-corrected chi connectivity index (χ3v) is 3.79. The van der Waals surface area contributed by atoms with Crippen molar-refractivity contribution in [3.8, 4) is 11.3 Å². The van der Waals surface area contributed by atoms with Gasteiger partial charge in [-0.1, -0.05) is 30.3 Å². The fourth-order valence-corrected chi connectivity index (χ4v) is 2.48. The number of aryl methyl sites for hydroxylation is 1. The Balaban J connectivity index is 1.91. The summed E-state index contributed by atoms with van der Waals surface area (Å²) < 4.78 is 0. The molecule has 2 aromatic rings. The molecule has 0 spiro atoms. The molecule has 0 aliphatic rings. The topological polar surface area (TPSA) is 37.0 Å². The van der Waals surface area contributed by atoms with Crippen LogP contribution < -0.4 is 10.6 Å². The van der Waals surface area contributed by atoms with E-state index in [0.29, 0.717) is 18.2 Å². The van der Waals surface area contributed by atoms with Gasteiger partial charge in [0.25, 0.3) is 0 Å². The number of thiocarbonyl (C=S) groups is 1. The average molecular weight is 303 g/mol. The lowest BCUT2D eigenvalue weighted by atomic mass is 10.1. The minimum atomic E-state index is 0.643. The predicted molar refractivity (Wildman–Crippen MR) is 89.9 cm³/mol. The average Bonchev–Trinajstić information content (AvgIpc) is 2.90. The molecule has 0 atom stereocenters. The van der Waals surface area contributed by atoms with E-state index in [2.05, 4.69) is 51.8 Å². The first-order valence-electron chi connectivity index (χ1n) is 6.33. The molecule has 20 heavy (non-hydrogen) atoms. The van der Waals surface area contributed by atoms with E-state index in [1.807, 2.05) is 6.92 Å². The summed E-state index contributed by atoms with van der Waals surface area (Å²) >= 11 is 6.81. The molecular weight excluding hydrogens is 286 g/mol. The van der Waals surface area contributed by atoms with E-state index < -0.39 is 0 Å². The molecule has 0 aliphatic carbocycles. The van der Waals surface area contributed by atoms with Crippen molar-refractivity contribution in [3.05, 3.63) is 52.9 Å². The predicted octanol–water partition coefficient (Wildman–Crippen LogP) is 3.27. The highest BCUT2D eigenvalue weighted by molar-refractivity contribution is 7.80. The van der Waals surface area contributed by atoms with Crippen LogP contribution in [0.4, 0.5) is 0 Å². The van der Waals surface area contributed by atoms with Crippen LogP contribution in [0.2, 0.25) is 0 Å². The Morgan fingerprint density at radius 1 is 1.35 bits per heavy atom. The maximum absolute atomic E-state index is 5.15. The van der Waals surface area contributed by atoms with E-state index in [0.717, 1.165) is 16.3 Å². The summed E-state index contributed by atoms with van der Waals surface area (Å²) in [6, 6.07) is 8.36. The molecule has 0 amide bonds. The Kier molecular flexibility index (Phi) is 5.26. The molecule has 5 heteroatoms. The summed E-state index contributed by atoms with van der Waals surface area (Å²) in [7, 11) is 0. The Morgan fingerprint density at radius 3 is 2.70 bits per heavy atom. The van der Waals surface area contributed by atoms with Crippen molar-refractivity contribution >= 4 is 28.7 Å². The van der Waals surface area contributed by atoms with E-state index in [1.165, 1.54) is 5.56 Å². The van der Waals surface area contributed by atoms with Crippen LogP contribution in [0.5, 0.6) is 0 Å². The molecule has 1 heterocycles. The molecule has 0 saturated carbocycles. The van der Waals surface area contributed by atoms with Gasteiger partial charge in [0, 0.05) is 24.0 Å². The van der Waals surface area contributed by atoms with Gasteiger partial charge in [-0.05, 0) is 24.7 Å². The Bertz CT molecular complexity index is 587. The molecule has 0 radical (unpaired) electrons. The summed E-state index contributed by atoms with van der Waals surface area (Å²) in [5, 5.41) is 10.0. The number of nitrogens with one attached hydrogen (secondary N) is 2. The van der Waals surface area contributed by atoms with Crippen LogP contribution in [0.25, 0.3) is 11.3 Å². The monoisotopic (exact) mass is 303 g/mol. The lowest BCUT2D eigenvalue weighted by Gasteiger charge is -2.09. The molecule has 3 nitrogen and oxygen atoms in total. The first kappa shape index (κ1) is 14.7. The van der Waals surface area contributed by atoms with Crippen molar-refractivity contribution in [2.75, 3.05) is 6.54 Å². The SMILES string of the molecule is C=CCNC(=S)NCc1ccc(-c2csc(C)n2)cc1. The first-order chi connectivity index (χ1) is 9.69. The Morgan fingerprint density at radius 2 is 2.10 bits per heavy atom. The molecule has 2 N–H and O–H groups in total. The quantitative estimate of drug-likeness (QED) is 0.656. The summed E-state index contributed by atoms with van der Waals surface area (Å²) in [5.41, 5.74) is 3.36. The van der Waals surface area contributed by atoms with Crippen LogP contribution in [0.1, 0.15) is 10.6 Å². The number of benzene rings is 1. The van der Waals surface area contributed by atoms with Gasteiger partial charge in [0.2, 0.25) is 0 Å². The number of nitrogens with zero attached hydrogens (tertiary/aromatic N) is 1. The summed E-state index contributed by atoms with van der Waals surface area (Å²) in [4.78, 5) is 4.48. The first-order valence-corrected chi connectivity index (χ1v) is 7.62. The molecule has 0 fully saturated rings. The van der Waals surface area contributed by atoms with Gasteiger partial charge in [0.15, 0.2) is 5.11 Å². The van der Waals surface area contributed by atoms with E-state index in [9.17, 15) is 0 Å². The minimum absolute atomic E-state index is 0.643. The second kappa shape index (κ2) is 7.17. The Labute approximate surface area is 128 Å². The van der Waals surface area contributed by atoms with Gasteiger partial charge in [-0.25, -0.2) is 4.98 Å². The van der Waals surface area contributed by atoms with Gasteiger partial charge >= 0.3 is 0 Å². The minimum Gasteiger partial charge on any atom is -0.359 e. The van der Waals surface area contributed by atoms with Crippen LogP contribution in [0.15, 0.2) is 42.3 Å². The molecule has 0 aliphatic heterocycles. The highest BCUT2D eigenvalue weighted by atomic mass is 32.1. The standard InChI is InChI=1S/C15H17N3S2/c1-3-8-16-15(19)17-9-12-4-6-13(7-5-12)14-10-20-11(2)18-14/h3-7,10H,1,8-9H2,2H3,(H2,16,17,19). The zero-order valence-electron chi connectivity index (χ0n) is 11.3. The zero-order valence-corrected chi connectivity index (χ0v) is 13.0. The number of hydrogen-bond acceptors (Lipinski definition) is 3. The third kappa shape index (κ3) is 4.15. The van der Waals surface area contributed by atoms with Crippen LogP contribution in [0, 0.1) is 6.92 Å². The van der Waals surface area contributed by atoms with Crippen molar-refractivity contribution < 1.29 is 0 Å². The Hall–Kier alpha value is -1.72. The van der Waals surface area contributed by atoms with Crippen molar-refractivity contribution in [2.24, 2.45) is 0 Å². The van der Waals surface area contributed by atoms with Gasteiger partial charge in [-0.2, -0.15) is 0 Å². The van der Waals surface area contributed by atoms with E-state index in [-0.39, 0.29) is 0 Å². The maximum Gasteiger partial charge on any atom is 0.166 e. The molecule has 1 aromatic heterocycles. The maximum atomic E-state index is 5.15. The number of aromatic nitrogens is 1. The van der Waals surface area contributed by atoms with Gasteiger partial charge < -0.3 is 10.6 Å². The smallest absolute Gasteiger partial charge is 0.166 e. The van der Waals surface area contributed by atoms with Crippen molar-refractivity contribution in [3.63, 3.8) is 0 Å². The number of rotatable bonds is 5. The molecule has 104 valence electrons. The molecule has 1 aromatic carbocycles. The van der Waals surface area contributed by atoms with Gasteiger partial charge in [-0.15, -0.1) is 17.9 Å². The normalized spacial score (nSPS) is 10.1. The number of hydrogen-bond donors (Lipinski definition) is 2. The van der Waals surface area contributed by atoms with Gasteiger partial charge in [0.05, 0.1) is 10.7 Å². The fraction of sp³-hybridized carbons (Fsp3) is 0.200. The summed E-state index contributed by atoms with van der Waals surface area (Å²) in [5.74, 6) is 0. The van der Waals surface area contributed by atoms with E-state index >= 15 is 0 Å². The highest BCUT2D eigenvalue weighted by Crippen LogP contribution is 2.21. The van der Waals surface area contributed by atoms with Gasteiger partial charge in [0.1, 0.15) is 0 Å². The largest absolute Gasteiger partial charge is 0.359 e. The van der Waals surface area contributed by atoms with Crippen LogP contribution in [-0.4, -0.2) is 16.6 Å². The molecule has 2 rings (SSSR count). The lowest BCUT2D eigenvalue weighted by Crippen LogP contribution is -2.34. The zero-order chi connectivity index (χ0) is 14.4. The second-order valence-electron chi connectivity index (χ2n) is 4.30. The van der Waals surface area contributed by atoms with Crippen LogP contribution >= 0.6 is 23.6 Å². The third-order valence-electron chi connectivity index (χ3n) is 2.73.